The molecule has 0 bridgehead atoms. The second-order valence-corrected chi connectivity index (χ2v) is 4.81. The van der Waals surface area contributed by atoms with E-state index in [0.717, 1.165) is 16.7 Å². The fourth-order valence-corrected chi connectivity index (χ4v) is 2.33. The van der Waals surface area contributed by atoms with Crippen molar-refractivity contribution in [2.45, 2.75) is 6.42 Å². The molecule has 17 heavy (non-hydrogen) atoms. The first-order chi connectivity index (χ1) is 8.19. The van der Waals surface area contributed by atoms with Crippen molar-refractivity contribution in [2.24, 2.45) is 0 Å². The summed E-state index contributed by atoms with van der Waals surface area (Å²) in [5.74, 6) is 0.0861. The third-order valence-electron chi connectivity index (χ3n) is 2.69. The number of carbonyl (C=O) groups excluding carboxylic acids is 1. The topological polar surface area (TPSA) is 56.1 Å². The van der Waals surface area contributed by atoms with Crippen LogP contribution in [0.2, 0.25) is 0 Å². The highest BCUT2D eigenvalue weighted by atomic mass is 79.9. The minimum Gasteiger partial charge on any atom is -0.369 e. The van der Waals surface area contributed by atoms with Crippen molar-refractivity contribution in [2.75, 3.05) is 24.5 Å². The van der Waals surface area contributed by atoms with E-state index in [4.69, 9.17) is 5.26 Å². The number of nitrogens with zero attached hydrogens (tertiary/aromatic N) is 2. The number of hydrogen-bond acceptors (Lipinski definition) is 3. The monoisotopic (exact) mass is 293 g/mol. The lowest BCUT2D eigenvalue weighted by atomic mass is 10.2. The van der Waals surface area contributed by atoms with Crippen molar-refractivity contribution in [3.63, 3.8) is 0 Å². The minimum absolute atomic E-state index is 0.0861. The minimum atomic E-state index is 0.0861. The first kappa shape index (κ1) is 11.9. The lowest BCUT2D eigenvalue weighted by Gasteiger charge is -2.22. The summed E-state index contributed by atoms with van der Waals surface area (Å²) >= 11 is 3.39. The first-order valence-corrected chi connectivity index (χ1v) is 6.20. The molecule has 1 heterocycles. The third-order valence-corrected chi connectivity index (χ3v) is 3.15. The van der Waals surface area contributed by atoms with Gasteiger partial charge in [-0.15, -0.1) is 0 Å². The summed E-state index contributed by atoms with van der Waals surface area (Å²) in [7, 11) is 0. The van der Waals surface area contributed by atoms with Gasteiger partial charge in [0.05, 0.1) is 11.6 Å². The van der Waals surface area contributed by atoms with Gasteiger partial charge < -0.3 is 10.2 Å². The number of benzene rings is 1. The van der Waals surface area contributed by atoms with Crippen LogP contribution in [0.3, 0.4) is 0 Å². The predicted molar refractivity (Wildman–Crippen MR) is 68.7 cm³/mol. The zero-order valence-electron chi connectivity index (χ0n) is 9.24. The van der Waals surface area contributed by atoms with Crippen molar-refractivity contribution in [1.29, 1.82) is 5.26 Å². The van der Waals surface area contributed by atoms with Gasteiger partial charge in [-0.3, -0.25) is 4.79 Å². The Balaban J connectivity index is 2.24. The molecule has 1 aromatic rings. The van der Waals surface area contributed by atoms with E-state index in [1.165, 1.54) is 0 Å². The van der Waals surface area contributed by atoms with Gasteiger partial charge in [0, 0.05) is 36.2 Å². The van der Waals surface area contributed by atoms with Gasteiger partial charge in [0.2, 0.25) is 5.91 Å². The van der Waals surface area contributed by atoms with E-state index in [1.54, 1.807) is 6.07 Å². The highest BCUT2D eigenvalue weighted by Crippen LogP contribution is 2.23. The first-order valence-electron chi connectivity index (χ1n) is 5.41. The van der Waals surface area contributed by atoms with Gasteiger partial charge in [-0.25, -0.2) is 0 Å². The molecule has 0 radical (unpaired) electrons. The number of anilines is 1. The van der Waals surface area contributed by atoms with E-state index in [1.807, 2.05) is 12.1 Å². The largest absolute Gasteiger partial charge is 0.369 e. The van der Waals surface area contributed by atoms with Gasteiger partial charge in [0.15, 0.2) is 0 Å². The Morgan fingerprint density at radius 2 is 2.18 bits per heavy atom. The summed E-state index contributed by atoms with van der Waals surface area (Å²) in [6, 6.07) is 7.73. The average molecular weight is 294 g/mol. The molecule has 0 aliphatic carbocycles. The maximum Gasteiger partial charge on any atom is 0.221 e. The number of nitrogens with one attached hydrogen (secondary N) is 1. The smallest absolute Gasteiger partial charge is 0.221 e. The van der Waals surface area contributed by atoms with Crippen LogP contribution in [0.25, 0.3) is 0 Å². The van der Waals surface area contributed by atoms with Gasteiger partial charge in [-0.1, -0.05) is 15.9 Å². The molecule has 1 fully saturated rings. The van der Waals surface area contributed by atoms with Crippen molar-refractivity contribution >= 4 is 27.5 Å². The quantitative estimate of drug-likeness (QED) is 0.857. The summed E-state index contributed by atoms with van der Waals surface area (Å²) in [6.07, 6.45) is 0.494. The van der Waals surface area contributed by atoms with Crippen LogP contribution in [0, 0.1) is 11.3 Å². The number of carbonyl (C=O) groups is 1. The fourth-order valence-electron chi connectivity index (χ4n) is 1.85. The number of nitriles is 1. The molecule has 88 valence electrons. The Hall–Kier alpha value is -1.54. The van der Waals surface area contributed by atoms with E-state index in [9.17, 15) is 4.79 Å². The lowest BCUT2D eigenvalue weighted by molar-refractivity contribution is -0.120. The van der Waals surface area contributed by atoms with Crippen molar-refractivity contribution < 1.29 is 4.79 Å². The molecule has 0 aromatic heterocycles. The van der Waals surface area contributed by atoms with E-state index in [2.05, 4.69) is 32.2 Å². The maximum atomic E-state index is 11.3. The molecule has 1 aromatic carbocycles. The second kappa shape index (κ2) is 5.19. The van der Waals surface area contributed by atoms with Crippen LogP contribution >= 0.6 is 15.9 Å². The van der Waals surface area contributed by atoms with Crippen LogP contribution in [0.4, 0.5) is 5.69 Å². The lowest BCUT2D eigenvalue weighted by Crippen LogP contribution is -2.28. The summed E-state index contributed by atoms with van der Waals surface area (Å²) in [5.41, 5.74) is 1.60. The fraction of sp³-hybridized carbons (Fsp3) is 0.333. The molecule has 1 aliphatic rings. The highest BCUT2D eigenvalue weighted by Gasteiger charge is 2.14. The van der Waals surface area contributed by atoms with E-state index >= 15 is 0 Å². The molecule has 0 atom stereocenters. The van der Waals surface area contributed by atoms with Crippen molar-refractivity contribution in [3.8, 4) is 6.07 Å². The Labute approximate surface area is 108 Å². The van der Waals surface area contributed by atoms with Gasteiger partial charge in [-0.2, -0.15) is 5.26 Å². The zero-order valence-corrected chi connectivity index (χ0v) is 10.8. The molecule has 1 N–H and O–H groups in total. The van der Waals surface area contributed by atoms with E-state index < -0.39 is 0 Å². The van der Waals surface area contributed by atoms with Crippen molar-refractivity contribution in [3.05, 3.63) is 28.2 Å². The Morgan fingerprint density at radius 1 is 1.35 bits per heavy atom. The summed E-state index contributed by atoms with van der Waals surface area (Å²) in [4.78, 5) is 13.4. The van der Waals surface area contributed by atoms with Crippen LogP contribution in [0.1, 0.15) is 12.0 Å². The number of amides is 1. The Morgan fingerprint density at radius 3 is 2.94 bits per heavy atom. The molecule has 2 rings (SSSR count). The molecular weight excluding hydrogens is 282 g/mol. The van der Waals surface area contributed by atoms with Gasteiger partial charge in [0.25, 0.3) is 0 Å². The van der Waals surface area contributed by atoms with Crippen LogP contribution in [-0.2, 0) is 4.79 Å². The summed E-state index contributed by atoms with van der Waals surface area (Å²) in [6.45, 7) is 2.10. The molecule has 1 saturated heterocycles. The van der Waals surface area contributed by atoms with Crippen LogP contribution in [0.5, 0.6) is 0 Å². The molecule has 0 spiro atoms. The second-order valence-electron chi connectivity index (χ2n) is 3.90. The molecule has 5 heteroatoms. The Bertz CT molecular complexity index is 481. The number of halogens is 1. The maximum absolute atomic E-state index is 11.3. The van der Waals surface area contributed by atoms with Crippen LogP contribution < -0.4 is 10.2 Å². The van der Waals surface area contributed by atoms with Gasteiger partial charge in [0.1, 0.15) is 0 Å². The van der Waals surface area contributed by atoms with Crippen LogP contribution in [0.15, 0.2) is 22.7 Å². The van der Waals surface area contributed by atoms with Gasteiger partial charge >= 0.3 is 0 Å². The Kier molecular flexibility index (Phi) is 3.64. The van der Waals surface area contributed by atoms with Crippen LogP contribution in [-0.4, -0.2) is 25.5 Å². The SMILES string of the molecule is N#Cc1cc(Br)cc(N2CCNC(=O)CC2)c1. The van der Waals surface area contributed by atoms with E-state index in [-0.39, 0.29) is 5.91 Å². The molecule has 1 amide bonds. The zero-order chi connectivity index (χ0) is 12.3. The van der Waals surface area contributed by atoms with E-state index in [0.29, 0.717) is 25.1 Å². The standard InChI is InChI=1S/C12H12BrN3O/c13-10-5-9(8-14)6-11(7-10)16-3-1-12(17)15-2-4-16/h5-7H,1-4H2,(H,15,17). The number of rotatable bonds is 1. The third kappa shape index (κ3) is 2.98. The van der Waals surface area contributed by atoms with Gasteiger partial charge in [-0.05, 0) is 18.2 Å². The molecule has 1 aliphatic heterocycles. The molecule has 0 saturated carbocycles. The molecular formula is C12H12BrN3O. The summed E-state index contributed by atoms with van der Waals surface area (Å²) < 4.78 is 0.884. The average Bonchev–Trinajstić information content (AvgIpc) is 2.53. The summed E-state index contributed by atoms with van der Waals surface area (Å²) in [5, 5.41) is 11.8. The molecule has 0 unspecified atom stereocenters. The molecule has 4 nitrogen and oxygen atoms in total. The highest BCUT2D eigenvalue weighted by molar-refractivity contribution is 9.10. The normalized spacial score (nSPS) is 16.0. The number of hydrogen-bond donors (Lipinski definition) is 1. The van der Waals surface area contributed by atoms with Crippen molar-refractivity contribution in [1.82, 2.24) is 5.32 Å². The predicted octanol–water partition coefficient (Wildman–Crippen LogP) is 1.65.